The number of benzene rings is 1. The number of aryl methyl sites for hydroxylation is 1. The fourth-order valence-electron chi connectivity index (χ4n) is 2.10. The highest BCUT2D eigenvalue weighted by Gasteiger charge is 2.18. The van der Waals surface area contributed by atoms with Crippen LogP contribution in [0.15, 0.2) is 28.8 Å². The van der Waals surface area contributed by atoms with Gasteiger partial charge >= 0.3 is 0 Å². The molecule has 5 heteroatoms. The topological polar surface area (TPSA) is 42.5 Å². The molecule has 1 aliphatic rings. The number of likely N-dealkylation sites (N-methyl/N-ethyl adjacent to an activating group) is 1. The summed E-state index contributed by atoms with van der Waals surface area (Å²) in [6, 6.07) is 6.08. The van der Waals surface area contributed by atoms with Gasteiger partial charge in [-0.15, -0.1) is 0 Å². The lowest BCUT2D eigenvalue weighted by Crippen LogP contribution is -3.11. The molecule has 96 valence electrons. The van der Waals surface area contributed by atoms with E-state index in [1.54, 1.807) is 0 Å². The monoisotopic (exact) mass is 265 g/mol. The maximum absolute atomic E-state index is 5.78. The highest BCUT2D eigenvalue weighted by atomic mass is 35.5. The van der Waals surface area contributed by atoms with Gasteiger partial charge in [-0.2, -0.15) is 0 Å². The molecule has 4 nitrogen and oxygen atoms in total. The number of nitrogens with zero attached hydrogens (tertiary/aromatic N) is 1. The van der Waals surface area contributed by atoms with Crippen molar-refractivity contribution < 1.29 is 21.7 Å². The Balaban J connectivity index is 0.00000120. The maximum atomic E-state index is 5.78. The number of nitrogens with one attached hydrogen (secondary N) is 2. The van der Waals surface area contributed by atoms with Gasteiger partial charge in [0.25, 0.3) is 0 Å². The van der Waals surface area contributed by atoms with Crippen molar-refractivity contribution in [3.8, 4) is 0 Å². The minimum Gasteiger partial charge on any atom is -1.00 e. The van der Waals surface area contributed by atoms with Crippen molar-refractivity contribution in [1.82, 2.24) is 10.3 Å². The van der Waals surface area contributed by atoms with E-state index in [2.05, 4.69) is 30.3 Å². The summed E-state index contributed by atoms with van der Waals surface area (Å²) in [7, 11) is 2.15. The number of rotatable bonds is 1. The Hall–Kier alpha value is -1.52. The number of aromatic nitrogens is 1. The number of hydrogen-bond donors (Lipinski definition) is 2. The molecule has 1 aromatic carbocycles. The van der Waals surface area contributed by atoms with Gasteiger partial charge in [0.1, 0.15) is 18.7 Å². The first-order valence-electron chi connectivity index (χ1n) is 5.84. The van der Waals surface area contributed by atoms with Gasteiger partial charge < -0.3 is 27.0 Å². The molecule has 0 radical (unpaired) electrons. The predicted molar refractivity (Wildman–Crippen MR) is 66.5 cm³/mol. The van der Waals surface area contributed by atoms with Crippen LogP contribution in [0.2, 0.25) is 0 Å². The van der Waals surface area contributed by atoms with Gasteiger partial charge in [0.15, 0.2) is 5.58 Å². The van der Waals surface area contributed by atoms with E-state index in [1.807, 2.05) is 18.3 Å². The molecule has 3 rings (SSSR count). The van der Waals surface area contributed by atoms with Crippen molar-refractivity contribution in [3.05, 3.63) is 35.9 Å². The summed E-state index contributed by atoms with van der Waals surface area (Å²) in [5, 5.41) is 3.24. The van der Waals surface area contributed by atoms with Gasteiger partial charge in [-0.25, -0.2) is 4.98 Å². The lowest BCUT2D eigenvalue weighted by Gasteiger charge is -2.19. The third-order valence-electron chi connectivity index (χ3n) is 2.99. The first-order valence-corrected chi connectivity index (χ1v) is 5.84. The summed E-state index contributed by atoms with van der Waals surface area (Å²) in [6.45, 7) is 3.95. The first kappa shape index (κ1) is 12.9. The molecule has 0 aliphatic carbocycles. The Bertz CT molecular complexity index is 591. The minimum atomic E-state index is 0. The van der Waals surface area contributed by atoms with E-state index in [0.717, 1.165) is 35.8 Å². The van der Waals surface area contributed by atoms with E-state index in [9.17, 15) is 0 Å². The first-order chi connectivity index (χ1) is 8.22. The minimum absolute atomic E-state index is 0. The zero-order chi connectivity index (χ0) is 11.8. The van der Waals surface area contributed by atoms with E-state index in [-0.39, 0.29) is 12.4 Å². The van der Waals surface area contributed by atoms with E-state index in [4.69, 9.17) is 4.42 Å². The summed E-state index contributed by atoms with van der Waals surface area (Å²) in [4.78, 5) is 5.95. The molecule has 0 saturated heterocycles. The summed E-state index contributed by atoms with van der Waals surface area (Å²) < 4.78 is 5.78. The van der Waals surface area contributed by atoms with Crippen molar-refractivity contribution >= 4 is 16.7 Å². The van der Waals surface area contributed by atoms with Crippen LogP contribution in [0.4, 0.5) is 0 Å². The Morgan fingerprint density at radius 2 is 2.22 bits per heavy atom. The molecule has 0 amide bonds. The van der Waals surface area contributed by atoms with Crippen molar-refractivity contribution in [2.75, 3.05) is 20.3 Å². The van der Waals surface area contributed by atoms with E-state index in [1.165, 1.54) is 10.5 Å². The van der Waals surface area contributed by atoms with Crippen LogP contribution >= 0.6 is 0 Å². The quantitative estimate of drug-likeness (QED) is 0.602. The van der Waals surface area contributed by atoms with Crippen LogP contribution in [0.25, 0.3) is 16.7 Å². The highest BCUT2D eigenvalue weighted by molar-refractivity contribution is 5.76. The number of oxazole rings is 1. The average Bonchev–Trinajstić information content (AvgIpc) is 2.72. The third-order valence-corrected chi connectivity index (χ3v) is 2.99. The Morgan fingerprint density at radius 3 is 3.00 bits per heavy atom. The number of quaternary nitrogens is 1. The lowest BCUT2D eigenvalue weighted by atomic mass is 10.2. The van der Waals surface area contributed by atoms with E-state index < -0.39 is 0 Å². The van der Waals surface area contributed by atoms with Crippen LogP contribution in [-0.4, -0.2) is 25.2 Å². The molecular weight excluding hydrogens is 250 g/mol. The van der Waals surface area contributed by atoms with Crippen molar-refractivity contribution in [2.45, 2.75) is 6.92 Å². The van der Waals surface area contributed by atoms with Crippen molar-refractivity contribution in [3.63, 3.8) is 0 Å². The molecule has 1 aliphatic heterocycles. The fourth-order valence-corrected chi connectivity index (χ4v) is 2.10. The van der Waals surface area contributed by atoms with Gasteiger partial charge in [0.05, 0.1) is 12.6 Å². The van der Waals surface area contributed by atoms with Gasteiger partial charge in [-0.3, -0.25) is 0 Å². The Kier molecular flexibility index (Phi) is 3.59. The van der Waals surface area contributed by atoms with Crippen LogP contribution in [0, 0.1) is 6.92 Å². The van der Waals surface area contributed by atoms with Crippen LogP contribution in [0.5, 0.6) is 0 Å². The molecular formula is C13H16ClN3O. The summed E-state index contributed by atoms with van der Waals surface area (Å²) in [6.07, 6.45) is 2.00. The predicted octanol–water partition coefficient (Wildman–Crippen LogP) is -2.44. The second-order valence-corrected chi connectivity index (χ2v) is 4.67. The third kappa shape index (κ3) is 2.35. The fraction of sp³-hybridized carbons (Fsp3) is 0.308. The molecule has 2 aromatic rings. The maximum Gasteiger partial charge on any atom is 0.230 e. The second kappa shape index (κ2) is 5.00. The van der Waals surface area contributed by atoms with Gasteiger partial charge in [-0.05, 0) is 24.6 Å². The second-order valence-electron chi connectivity index (χ2n) is 4.67. The smallest absolute Gasteiger partial charge is 0.230 e. The number of fused-ring (bicyclic) bond motifs is 1. The molecule has 2 heterocycles. The molecule has 1 atom stereocenters. The van der Waals surface area contributed by atoms with Crippen LogP contribution in [0.3, 0.4) is 0 Å². The van der Waals surface area contributed by atoms with Crippen molar-refractivity contribution in [2.24, 2.45) is 0 Å². The molecule has 0 bridgehead atoms. The molecule has 1 aromatic heterocycles. The van der Waals surface area contributed by atoms with Crippen LogP contribution < -0.4 is 22.6 Å². The SMILES string of the molecule is Cc1ccc2oc(C3=CNC[NH+](C)C3)nc2c1.[Cl-]. The number of halogens is 1. The molecule has 1 unspecified atom stereocenters. The van der Waals surface area contributed by atoms with E-state index in [0.29, 0.717) is 0 Å². The van der Waals surface area contributed by atoms with Crippen molar-refractivity contribution in [1.29, 1.82) is 0 Å². The summed E-state index contributed by atoms with van der Waals surface area (Å²) in [5.74, 6) is 0.733. The van der Waals surface area contributed by atoms with Gasteiger partial charge in [0, 0.05) is 6.20 Å². The largest absolute Gasteiger partial charge is 1.00 e. The molecule has 0 fully saturated rings. The summed E-state index contributed by atoms with van der Waals surface area (Å²) in [5.41, 5.74) is 4.12. The normalized spacial score (nSPS) is 19.0. The number of hydrogen-bond acceptors (Lipinski definition) is 3. The Morgan fingerprint density at radius 1 is 1.39 bits per heavy atom. The molecule has 18 heavy (non-hydrogen) atoms. The summed E-state index contributed by atoms with van der Waals surface area (Å²) >= 11 is 0. The molecule has 0 spiro atoms. The molecule has 0 saturated carbocycles. The van der Waals surface area contributed by atoms with E-state index >= 15 is 0 Å². The standard InChI is InChI=1S/C13H15N3O.ClH/c1-9-3-4-12-11(5-9)15-13(17-12)10-6-14-8-16(2)7-10;/h3-6,14H,7-8H2,1-2H3;1H. The Labute approximate surface area is 112 Å². The van der Waals surface area contributed by atoms with Crippen LogP contribution in [0.1, 0.15) is 11.5 Å². The van der Waals surface area contributed by atoms with Crippen LogP contribution in [-0.2, 0) is 0 Å². The highest BCUT2D eigenvalue weighted by Crippen LogP contribution is 2.21. The van der Waals surface area contributed by atoms with Gasteiger partial charge in [-0.1, -0.05) is 6.07 Å². The average molecular weight is 266 g/mol. The van der Waals surface area contributed by atoms with Gasteiger partial charge in [0.2, 0.25) is 5.89 Å². The zero-order valence-corrected chi connectivity index (χ0v) is 11.2. The lowest BCUT2D eigenvalue weighted by molar-refractivity contribution is -0.875. The zero-order valence-electron chi connectivity index (χ0n) is 10.5. The molecule has 2 N–H and O–H groups in total.